The summed E-state index contributed by atoms with van der Waals surface area (Å²) in [6.07, 6.45) is 5.71. The molecule has 2 aliphatic heterocycles. The van der Waals surface area contributed by atoms with Gasteiger partial charge in [-0.1, -0.05) is 23.2 Å². The number of nitrogens with two attached hydrogens (primary N) is 1. The maximum Gasteiger partial charge on any atom is 0.263 e. The number of halogens is 2. The zero-order valence-corrected chi connectivity index (χ0v) is 24.4. The predicted molar refractivity (Wildman–Crippen MR) is 160 cm³/mol. The summed E-state index contributed by atoms with van der Waals surface area (Å²) in [5.74, 6) is -1.01. The standard InChI is InChI=1S/C28H26Cl2N8O5/c1-35-13-33-27-24(28(35)43)17(14-6-16(26(31)42)25(41)18(29)7-14)11-37(27)12-22(39)34-20-8-21(32-9-19(20)30)36-4-5-38-15(10-36)2-3-23(38)40/h6-9,11,13,15,41H,2-5,10,12H2,1H3,(H2,31,42)(H,32,34,39). The molecule has 2 fully saturated rings. The van der Waals surface area contributed by atoms with E-state index in [0.29, 0.717) is 48.7 Å². The number of hydrogen-bond acceptors (Lipinski definition) is 8. The van der Waals surface area contributed by atoms with Gasteiger partial charge in [0.05, 0.1) is 39.2 Å². The van der Waals surface area contributed by atoms with Crippen molar-refractivity contribution in [3.63, 3.8) is 0 Å². The molecule has 0 radical (unpaired) electrons. The fourth-order valence-corrected chi connectivity index (χ4v) is 6.03. The maximum absolute atomic E-state index is 13.3. The zero-order chi connectivity index (χ0) is 30.6. The van der Waals surface area contributed by atoms with Gasteiger partial charge >= 0.3 is 0 Å². The summed E-state index contributed by atoms with van der Waals surface area (Å²) in [6.45, 7) is 1.63. The molecule has 13 nitrogen and oxygen atoms in total. The fraction of sp³-hybridized carbons (Fsp3) is 0.286. The Morgan fingerprint density at radius 2 is 1.93 bits per heavy atom. The Kier molecular flexibility index (Phi) is 7.22. The van der Waals surface area contributed by atoms with E-state index in [1.165, 1.54) is 40.8 Å². The molecular weight excluding hydrogens is 599 g/mol. The third-order valence-corrected chi connectivity index (χ3v) is 8.41. The average molecular weight is 625 g/mol. The number of aromatic nitrogens is 4. The summed E-state index contributed by atoms with van der Waals surface area (Å²) in [5.41, 5.74) is 6.06. The number of aryl methyl sites for hydroxylation is 1. The Morgan fingerprint density at radius 1 is 1.14 bits per heavy atom. The first kappa shape index (κ1) is 28.5. The minimum atomic E-state index is -0.900. The highest BCUT2D eigenvalue weighted by Gasteiger charge is 2.36. The number of carbonyl (C=O) groups is 3. The molecule has 0 bridgehead atoms. The van der Waals surface area contributed by atoms with Crippen LogP contribution in [0.15, 0.2) is 41.7 Å². The topological polar surface area (TPSA) is 169 Å². The van der Waals surface area contributed by atoms with Gasteiger partial charge in [-0.15, -0.1) is 0 Å². The molecule has 0 spiro atoms. The van der Waals surface area contributed by atoms with E-state index >= 15 is 0 Å². The van der Waals surface area contributed by atoms with E-state index < -0.39 is 23.1 Å². The van der Waals surface area contributed by atoms with Crippen LogP contribution in [0, 0.1) is 0 Å². The predicted octanol–water partition coefficient (Wildman–Crippen LogP) is 2.36. The number of hydrogen-bond donors (Lipinski definition) is 3. The number of piperazine rings is 1. The molecule has 3 amide bonds. The highest BCUT2D eigenvalue weighted by molar-refractivity contribution is 6.34. The second-order valence-corrected chi connectivity index (χ2v) is 11.4. The number of pyridine rings is 1. The van der Waals surface area contributed by atoms with Crippen LogP contribution in [0.25, 0.3) is 22.2 Å². The van der Waals surface area contributed by atoms with E-state index in [9.17, 15) is 24.3 Å². The minimum absolute atomic E-state index is 0.130. The highest BCUT2D eigenvalue weighted by atomic mass is 35.5. The van der Waals surface area contributed by atoms with Crippen molar-refractivity contribution in [3.8, 4) is 16.9 Å². The van der Waals surface area contributed by atoms with Crippen LogP contribution in [0.2, 0.25) is 10.0 Å². The number of primary amides is 1. The Hall–Kier alpha value is -4.62. The molecule has 222 valence electrons. The molecule has 1 aromatic carbocycles. The number of benzene rings is 1. The third-order valence-electron chi connectivity index (χ3n) is 7.82. The Balaban J connectivity index is 1.29. The summed E-state index contributed by atoms with van der Waals surface area (Å²) in [4.78, 5) is 63.2. The van der Waals surface area contributed by atoms with Gasteiger partial charge in [0.15, 0.2) is 0 Å². The third kappa shape index (κ3) is 5.14. The first-order valence-corrected chi connectivity index (χ1v) is 14.1. The second-order valence-electron chi connectivity index (χ2n) is 10.5. The summed E-state index contributed by atoms with van der Waals surface area (Å²) < 4.78 is 2.78. The smallest absolute Gasteiger partial charge is 0.263 e. The van der Waals surface area contributed by atoms with Crippen molar-refractivity contribution >= 4 is 63.5 Å². The van der Waals surface area contributed by atoms with Gasteiger partial charge in [0.2, 0.25) is 11.8 Å². The fourth-order valence-electron chi connectivity index (χ4n) is 5.66. The second kappa shape index (κ2) is 10.9. The number of rotatable bonds is 6. The molecule has 2 saturated heterocycles. The summed E-state index contributed by atoms with van der Waals surface area (Å²) in [7, 11) is 1.54. The van der Waals surface area contributed by atoms with E-state index in [2.05, 4.69) is 20.2 Å². The van der Waals surface area contributed by atoms with Crippen molar-refractivity contribution in [2.24, 2.45) is 12.8 Å². The molecule has 43 heavy (non-hydrogen) atoms. The number of aromatic hydroxyl groups is 1. The van der Waals surface area contributed by atoms with Gasteiger partial charge in [-0.3, -0.25) is 19.2 Å². The zero-order valence-electron chi connectivity index (χ0n) is 22.9. The van der Waals surface area contributed by atoms with E-state index in [-0.39, 0.29) is 45.1 Å². The number of carbonyl (C=O) groups excluding carboxylic acids is 3. The minimum Gasteiger partial charge on any atom is -0.506 e. The first-order chi connectivity index (χ1) is 20.5. The molecular formula is C28H26Cl2N8O5. The quantitative estimate of drug-likeness (QED) is 0.294. The van der Waals surface area contributed by atoms with Crippen LogP contribution in [0.1, 0.15) is 23.2 Å². The van der Waals surface area contributed by atoms with E-state index in [4.69, 9.17) is 28.9 Å². The van der Waals surface area contributed by atoms with Crippen LogP contribution in [0.3, 0.4) is 0 Å². The van der Waals surface area contributed by atoms with E-state index in [0.717, 1.165) is 6.42 Å². The van der Waals surface area contributed by atoms with Crippen molar-refractivity contribution in [1.82, 2.24) is 24.0 Å². The van der Waals surface area contributed by atoms with Crippen LogP contribution in [0.5, 0.6) is 5.75 Å². The van der Waals surface area contributed by atoms with Crippen molar-refractivity contribution in [2.75, 3.05) is 29.9 Å². The number of nitrogens with zero attached hydrogens (tertiary/aromatic N) is 6. The number of nitrogens with one attached hydrogen (secondary N) is 1. The summed E-state index contributed by atoms with van der Waals surface area (Å²) >= 11 is 12.6. The van der Waals surface area contributed by atoms with Crippen LogP contribution < -0.4 is 21.5 Å². The van der Waals surface area contributed by atoms with Gasteiger partial charge in [0.1, 0.15) is 23.8 Å². The van der Waals surface area contributed by atoms with Crippen molar-refractivity contribution in [2.45, 2.75) is 25.4 Å². The van der Waals surface area contributed by atoms with Crippen LogP contribution >= 0.6 is 23.2 Å². The number of anilines is 2. The van der Waals surface area contributed by atoms with Crippen LogP contribution in [-0.4, -0.2) is 72.5 Å². The van der Waals surface area contributed by atoms with E-state index in [1.807, 2.05) is 4.90 Å². The molecule has 4 N–H and O–H groups in total. The Morgan fingerprint density at radius 3 is 2.70 bits per heavy atom. The molecule has 3 aromatic heterocycles. The molecule has 0 saturated carbocycles. The van der Waals surface area contributed by atoms with Crippen molar-refractivity contribution < 1.29 is 19.5 Å². The SMILES string of the molecule is Cn1cnc2c(c(-c3cc(Cl)c(O)c(C(N)=O)c3)cn2CC(=O)Nc2cc(N3CCN4C(=O)CCC4C3)ncc2Cl)c1=O. The summed E-state index contributed by atoms with van der Waals surface area (Å²) in [6, 6.07) is 4.56. The molecule has 5 heterocycles. The number of fused-ring (bicyclic) bond motifs is 2. The lowest BCUT2D eigenvalue weighted by Gasteiger charge is -2.38. The molecule has 6 rings (SSSR count). The van der Waals surface area contributed by atoms with Gasteiger partial charge in [0.25, 0.3) is 11.5 Å². The van der Waals surface area contributed by atoms with Crippen LogP contribution in [-0.2, 0) is 23.2 Å². The Bertz CT molecular complexity index is 1890. The maximum atomic E-state index is 13.3. The lowest BCUT2D eigenvalue weighted by molar-refractivity contribution is -0.129. The lowest BCUT2D eigenvalue weighted by atomic mass is 10.0. The van der Waals surface area contributed by atoms with Gasteiger partial charge in [-0.2, -0.15) is 0 Å². The van der Waals surface area contributed by atoms with Crippen LogP contribution in [0.4, 0.5) is 11.5 Å². The molecule has 2 aliphatic rings. The largest absolute Gasteiger partial charge is 0.506 e. The van der Waals surface area contributed by atoms with E-state index in [1.54, 1.807) is 12.3 Å². The Labute approximate surface area is 254 Å². The first-order valence-electron chi connectivity index (χ1n) is 13.4. The monoisotopic (exact) mass is 624 g/mol. The molecule has 15 heteroatoms. The number of amides is 3. The average Bonchev–Trinajstić information content (AvgIpc) is 3.53. The molecule has 4 aromatic rings. The highest BCUT2D eigenvalue weighted by Crippen LogP contribution is 2.36. The lowest BCUT2D eigenvalue weighted by Crippen LogP contribution is -2.51. The van der Waals surface area contributed by atoms with Gasteiger partial charge in [-0.25, -0.2) is 9.97 Å². The van der Waals surface area contributed by atoms with Gasteiger partial charge < -0.3 is 35.1 Å². The van der Waals surface area contributed by atoms with Crippen molar-refractivity contribution in [1.29, 1.82) is 0 Å². The molecule has 1 unspecified atom stereocenters. The van der Waals surface area contributed by atoms with Gasteiger partial charge in [0, 0.05) is 57.0 Å². The molecule has 0 aliphatic carbocycles. The molecule has 1 atom stereocenters. The summed E-state index contributed by atoms with van der Waals surface area (Å²) in [5, 5.41) is 13.3. The normalized spacial score (nSPS) is 16.5. The van der Waals surface area contributed by atoms with Crippen molar-refractivity contribution in [3.05, 3.63) is 62.9 Å². The van der Waals surface area contributed by atoms with Gasteiger partial charge in [-0.05, 0) is 24.1 Å². The number of phenols is 1.